The van der Waals surface area contributed by atoms with Gasteiger partial charge in [0.2, 0.25) is 0 Å². The quantitative estimate of drug-likeness (QED) is 0.196. The Morgan fingerprint density at radius 3 is 2.47 bits per heavy atom. The molecule has 0 saturated carbocycles. The third kappa shape index (κ3) is 3.57. The van der Waals surface area contributed by atoms with E-state index in [1.54, 1.807) is 0 Å². The van der Waals surface area contributed by atoms with E-state index in [2.05, 4.69) is 89.5 Å². The molecular weight excluding hydrogens is 554 g/mol. The van der Waals surface area contributed by atoms with E-state index in [4.69, 9.17) is 24.4 Å². The second kappa shape index (κ2) is 9.18. The molecule has 45 heavy (non-hydrogen) atoms. The molecule has 9 aromatic rings. The van der Waals surface area contributed by atoms with E-state index in [0.717, 1.165) is 89.5 Å². The molecule has 0 radical (unpaired) electrons. The molecule has 5 heterocycles. The van der Waals surface area contributed by atoms with Crippen molar-refractivity contribution >= 4 is 60.8 Å². The molecule has 5 aromatic heterocycles. The van der Waals surface area contributed by atoms with E-state index in [1.807, 2.05) is 42.6 Å². The van der Waals surface area contributed by atoms with Crippen molar-refractivity contribution in [3.63, 3.8) is 0 Å². The molecule has 1 aliphatic rings. The van der Waals surface area contributed by atoms with Crippen molar-refractivity contribution < 1.29 is 4.42 Å². The zero-order chi connectivity index (χ0) is 29.5. The topological polar surface area (TPSA) is 69.6 Å². The molecule has 0 saturated heterocycles. The number of hydrogen-bond donors (Lipinski definition) is 0. The van der Waals surface area contributed by atoms with Crippen molar-refractivity contribution in [2.24, 2.45) is 0 Å². The smallest absolute Gasteiger partial charge is 0.162 e. The standard InChI is InChI=1S/C39H23N5O/c1-2-8-23(9-3-1)31-19-16-24-15-18-29-36(35(24)41-31)42-37(25-17-20-34-30(22-25)27-11-6-14-33(27)45-34)43-39(29)44-32-13-5-4-10-26(32)28-12-7-21-40-38(28)44/h1-10,12-22H,11H2. The van der Waals surface area contributed by atoms with Gasteiger partial charge in [-0.2, -0.15) is 0 Å². The van der Waals surface area contributed by atoms with Gasteiger partial charge in [0.1, 0.15) is 22.5 Å². The van der Waals surface area contributed by atoms with E-state index in [0.29, 0.717) is 5.82 Å². The van der Waals surface area contributed by atoms with Crippen LogP contribution in [-0.2, 0) is 6.42 Å². The first-order chi connectivity index (χ1) is 22.3. The third-order valence-electron chi connectivity index (χ3n) is 8.89. The number of para-hydroxylation sites is 1. The maximum atomic E-state index is 6.11. The lowest BCUT2D eigenvalue weighted by atomic mass is 10.1. The Kier molecular flexibility index (Phi) is 4.96. The molecule has 0 aliphatic heterocycles. The Balaban J connectivity index is 1.32. The maximum absolute atomic E-state index is 6.11. The third-order valence-corrected chi connectivity index (χ3v) is 8.89. The van der Waals surface area contributed by atoms with Gasteiger partial charge >= 0.3 is 0 Å². The number of rotatable bonds is 3. The summed E-state index contributed by atoms with van der Waals surface area (Å²) in [6.45, 7) is 0. The molecule has 4 aromatic carbocycles. The number of allylic oxidation sites excluding steroid dienone is 1. The summed E-state index contributed by atoms with van der Waals surface area (Å²) in [6, 6.07) is 37.4. The predicted octanol–water partition coefficient (Wildman–Crippen LogP) is 9.32. The first-order valence-corrected chi connectivity index (χ1v) is 15.0. The molecule has 0 spiro atoms. The SMILES string of the molecule is C1=Cc2oc3ccc(-c4nc(-n5c6ccccc6c6cccnc65)c5ccc6ccc(-c7ccccc7)nc6c5n4)cc3c2C1. The van der Waals surface area contributed by atoms with Crippen LogP contribution in [0, 0.1) is 0 Å². The lowest BCUT2D eigenvalue weighted by molar-refractivity contribution is 0.603. The number of fused-ring (bicyclic) bond motifs is 9. The van der Waals surface area contributed by atoms with Crippen LogP contribution in [0.3, 0.4) is 0 Å². The van der Waals surface area contributed by atoms with Gasteiger partial charge in [0.15, 0.2) is 11.6 Å². The highest BCUT2D eigenvalue weighted by Gasteiger charge is 2.21. The van der Waals surface area contributed by atoms with Gasteiger partial charge in [-0.25, -0.2) is 19.9 Å². The van der Waals surface area contributed by atoms with Crippen molar-refractivity contribution in [1.29, 1.82) is 0 Å². The average molecular weight is 578 g/mol. The summed E-state index contributed by atoms with van der Waals surface area (Å²) in [6.07, 6.45) is 6.89. The summed E-state index contributed by atoms with van der Waals surface area (Å²) in [7, 11) is 0. The molecular formula is C39H23N5O. The summed E-state index contributed by atoms with van der Waals surface area (Å²) < 4.78 is 8.28. The minimum Gasteiger partial charge on any atom is -0.456 e. The van der Waals surface area contributed by atoms with Crippen LogP contribution in [0.5, 0.6) is 0 Å². The molecule has 0 bridgehead atoms. The highest BCUT2D eigenvalue weighted by Crippen LogP contribution is 2.38. The zero-order valence-corrected chi connectivity index (χ0v) is 24.0. The number of pyridine rings is 2. The van der Waals surface area contributed by atoms with Crippen LogP contribution in [0.15, 0.2) is 126 Å². The van der Waals surface area contributed by atoms with Crippen LogP contribution >= 0.6 is 0 Å². The number of furan rings is 1. The highest BCUT2D eigenvalue weighted by atomic mass is 16.3. The van der Waals surface area contributed by atoms with Gasteiger partial charge in [-0.05, 0) is 61.0 Å². The summed E-state index contributed by atoms with van der Waals surface area (Å²) in [5.74, 6) is 2.33. The van der Waals surface area contributed by atoms with Crippen LogP contribution in [0.2, 0.25) is 0 Å². The Bertz CT molecular complexity index is 2630. The van der Waals surface area contributed by atoms with Crippen molar-refractivity contribution in [2.75, 3.05) is 0 Å². The fourth-order valence-corrected chi connectivity index (χ4v) is 6.77. The second-order valence-corrected chi connectivity index (χ2v) is 11.5. The molecule has 0 unspecified atom stereocenters. The van der Waals surface area contributed by atoms with Gasteiger partial charge in [-0.15, -0.1) is 0 Å². The van der Waals surface area contributed by atoms with Crippen molar-refractivity contribution in [1.82, 2.24) is 24.5 Å². The van der Waals surface area contributed by atoms with Crippen LogP contribution in [0.1, 0.15) is 11.3 Å². The lowest BCUT2D eigenvalue weighted by Crippen LogP contribution is -2.04. The fraction of sp³-hybridized carbons (Fsp3) is 0.0256. The minimum absolute atomic E-state index is 0.626. The second-order valence-electron chi connectivity index (χ2n) is 11.5. The van der Waals surface area contributed by atoms with Crippen LogP contribution in [0.4, 0.5) is 0 Å². The van der Waals surface area contributed by atoms with Gasteiger partial charge in [0.05, 0.1) is 16.7 Å². The molecule has 1 aliphatic carbocycles. The first kappa shape index (κ1) is 24.3. The van der Waals surface area contributed by atoms with Gasteiger partial charge < -0.3 is 4.42 Å². The maximum Gasteiger partial charge on any atom is 0.162 e. The monoisotopic (exact) mass is 577 g/mol. The summed E-state index contributed by atoms with van der Waals surface area (Å²) in [5, 5.41) is 5.23. The molecule has 6 nitrogen and oxygen atoms in total. The average Bonchev–Trinajstić information content (AvgIpc) is 3.80. The van der Waals surface area contributed by atoms with Crippen molar-refractivity contribution in [2.45, 2.75) is 6.42 Å². The van der Waals surface area contributed by atoms with E-state index >= 15 is 0 Å². The number of nitrogens with zero attached hydrogens (tertiary/aromatic N) is 5. The number of benzene rings is 4. The Labute approximate surface area is 257 Å². The van der Waals surface area contributed by atoms with Crippen LogP contribution < -0.4 is 0 Å². The van der Waals surface area contributed by atoms with Crippen molar-refractivity contribution in [3.8, 4) is 28.5 Å². The molecule has 10 rings (SSSR count). The molecule has 210 valence electrons. The lowest BCUT2D eigenvalue weighted by Gasteiger charge is -2.14. The number of hydrogen-bond acceptors (Lipinski definition) is 5. The zero-order valence-electron chi connectivity index (χ0n) is 24.0. The number of aromatic nitrogens is 5. The normalized spacial score (nSPS) is 12.7. The van der Waals surface area contributed by atoms with Gasteiger partial charge in [0.25, 0.3) is 0 Å². The summed E-state index contributed by atoms with van der Waals surface area (Å²) >= 11 is 0. The van der Waals surface area contributed by atoms with Crippen LogP contribution in [-0.4, -0.2) is 24.5 Å². The predicted molar refractivity (Wildman–Crippen MR) is 180 cm³/mol. The van der Waals surface area contributed by atoms with Crippen molar-refractivity contribution in [3.05, 3.63) is 133 Å². The Morgan fingerprint density at radius 2 is 1.51 bits per heavy atom. The van der Waals surface area contributed by atoms with Gasteiger partial charge in [0, 0.05) is 49.8 Å². The van der Waals surface area contributed by atoms with Gasteiger partial charge in [-0.1, -0.05) is 66.7 Å². The highest BCUT2D eigenvalue weighted by molar-refractivity contribution is 6.11. The molecule has 0 N–H and O–H groups in total. The minimum atomic E-state index is 0.626. The summed E-state index contributed by atoms with van der Waals surface area (Å²) in [5.41, 5.74) is 8.49. The summed E-state index contributed by atoms with van der Waals surface area (Å²) in [4.78, 5) is 20.7. The molecule has 0 amide bonds. The van der Waals surface area contributed by atoms with E-state index in [9.17, 15) is 0 Å². The largest absolute Gasteiger partial charge is 0.456 e. The fourth-order valence-electron chi connectivity index (χ4n) is 6.77. The van der Waals surface area contributed by atoms with E-state index < -0.39 is 0 Å². The van der Waals surface area contributed by atoms with Gasteiger partial charge in [-0.3, -0.25) is 4.57 Å². The molecule has 0 atom stereocenters. The van der Waals surface area contributed by atoms with E-state index in [1.165, 1.54) is 5.56 Å². The Morgan fingerprint density at radius 1 is 0.644 bits per heavy atom. The molecule has 0 fully saturated rings. The van der Waals surface area contributed by atoms with Crippen LogP contribution in [0.25, 0.3) is 89.3 Å². The molecule has 6 heteroatoms. The Hall–Kier alpha value is -6.14. The first-order valence-electron chi connectivity index (χ1n) is 15.0. The van der Waals surface area contributed by atoms with E-state index in [-0.39, 0.29) is 0 Å².